The van der Waals surface area contributed by atoms with Crippen LogP contribution in [0.3, 0.4) is 0 Å². The monoisotopic (exact) mass is 244 g/mol. The summed E-state index contributed by atoms with van der Waals surface area (Å²) < 4.78 is 39.1. The number of aliphatic hydroxyl groups excluding tert-OH is 1. The molecule has 0 heterocycles. The molecule has 1 nitrogen and oxygen atoms in total. The maximum Gasteiger partial charge on any atom is 0.161 e. The zero-order valence-electron chi connectivity index (χ0n) is 9.43. The van der Waals surface area contributed by atoms with Gasteiger partial charge in [0.25, 0.3) is 0 Å². The van der Waals surface area contributed by atoms with Crippen molar-refractivity contribution in [3.05, 3.63) is 35.1 Å². The van der Waals surface area contributed by atoms with Gasteiger partial charge in [-0.1, -0.05) is 25.7 Å². The van der Waals surface area contributed by atoms with Crippen molar-refractivity contribution in [1.29, 1.82) is 0 Å². The lowest BCUT2D eigenvalue weighted by molar-refractivity contribution is 0.140. The number of rotatable bonds is 3. The molecule has 1 aliphatic carbocycles. The molecule has 94 valence electrons. The molecule has 0 spiro atoms. The molecule has 0 aromatic heterocycles. The van der Waals surface area contributed by atoms with Gasteiger partial charge in [0, 0.05) is 11.6 Å². The van der Waals surface area contributed by atoms with E-state index in [0.717, 1.165) is 31.7 Å². The van der Waals surface area contributed by atoms with E-state index >= 15 is 0 Å². The zero-order valence-corrected chi connectivity index (χ0v) is 9.43. The predicted octanol–water partition coefficient (Wildman–Crippen LogP) is 3.72. The molecule has 2 rings (SSSR count). The Hall–Kier alpha value is -1.03. The minimum absolute atomic E-state index is 0.143. The first kappa shape index (κ1) is 12.4. The van der Waals surface area contributed by atoms with Gasteiger partial charge in [0.1, 0.15) is 5.82 Å². The fourth-order valence-corrected chi connectivity index (χ4v) is 2.48. The van der Waals surface area contributed by atoms with E-state index < -0.39 is 23.6 Å². The Balaban J connectivity index is 2.12. The van der Waals surface area contributed by atoms with Gasteiger partial charge in [0.15, 0.2) is 11.6 Å². The van der Waals surface area contributed by atoms with Gasteiger partial charge >= 0.3 is 0 Å². The van der Waals surface area contributed by atoms with Crippen LogP contribution >= 0.6 is 0 Å². The smallest absolute Gasteiger partial charge is 0.161 e. The van der Waals surface area contributed by atoms with Crippen molar-refractivity contribution >= 4 is 0 Å². The van der Waals surface area contributed by atoms with Crippen LogP contribution in [0.25, 0.3) is 0 Å². The summed E-state index contributed by atoms with van der Waals surface area (Å²) in [6.45, 7) is 0. The molecule has 0 aliphatic heterocycles. The molecule has 1 aliphatic rings. The number of hydrogen-bond acceptors (Lipinski definition) is 1. The molecular formula is C13H15F3O. The standard InChI is InChI=1S/C13H15F3O/c14-10-7-12(16)11(15)6-9(10)13(17)5-8-3-1-2-4-8/h6-8,13,17H,1-5H2. The Morgan fingerprint density at radius 2 is 1.65 bits per heavy atom. The maximum atomic E-state index is 13.4. The molecule has 1 aromatic carbocycles. The molecule has 0 saturated heterocycles. The van der Waals surface area contributed by atoms with Crippen LogP contribution in [0.2, 0.25) is 0 Å². The summed E-state index contributed by atoms with van der Waals surface area (Å²) in [5.41, 5.74) is -0.143. The van der Waals surface area contributed by atoms with Crippen LogP contribution in [0.15, 0.2) is 12.1 Å². The zero-order chi connectivity index (χ0) is 12.4. The van der Waals surface area contributed by atoms with Crippen LogP contribution in [0.5, 0.6) is 0 Å². The summed E-state index contributed by atoms with van der Waals surface area (Å²) in [5.74, 6) is -2.86. The molecule has 0 bridgehead atoms. The number of halogens is 3. The van der Waals surface area contributed by atoms with Crippen LogP contribution in [0, 0.1) is 23.4 Å². The minimum atomic E-state index is -1.22. The molecule has 1 saturated carbocycles. The molecule has 4 heteroatoms. The van der Waals surface area contributed by atoms with Gasteiger partial charge < -0.3 is 5.11 Å². The van der Waals surface area contributed by atoms with Gasteiger partial charge in [-0.05, 0) is 18.4 Å². The summed E-state index contributed by atoms with van der Waals surface area (Å²) in [7, 11) is 0. The van der Waals surface area contributed by atoms with E-state index in [9.17, 15) is 18.3 Å². The van der Waals surface area contributed by atoms with Crippen LogP contribution in [-0.2, 0) is 0 Å². The summed E-state index contributed by atoms with van der Waals surface area (Å²) in [6.07, 6.45) is 3.65. The summed E-state index contributed by atoms with van der Waals surface area (Å²) in [5, 5.41) is 9.85. The molecule has 1 fully saturated rings. The van der Waals surface area contributed by atoms with E-state index in [2.05, 4.69) is 0 Å². The second-order valence-electron chi connectivity index (χ2n) is 4.69. The summed E-state index contributed by atoms with van der Waals surface area (Å²) >= 11 is 0. The average Bonchev–Trinajstić information content (AvgIpc) is 2.76. The Morgan fingerprint density at radius 1 is 1.06 bits per heavy atom. The van der Waals surface area contributed by atoms with Crippen LogP contribution in [0.4, 0.5) is 13.2 Å². The molecule has 0 amide bonds. The average molecular weight is 244 g/mol. The van der Waals surface area contributed by atoms with Crippen LogP contribution < -0.4 is 0 Å². The van der Waals surface area contributed by atoms with Crippen molar-refractivity contribution < 1.29 is 18.3 Å². The van der Waals surface area contributed by atoms with Gasteiger partial charge in [0.05, 0.1) is 6.10 Å². The molecular weight excluding hydrogens is 229 g/mol. The van der Waals surface area contributed by atoms with Gasteiger partial charge in [-0.2, -0.15) is 0 Å². The van der Waals surface area contributed by atoms with Crippen molar-refractivity contribution in [3.63, 3.8) is 0 Å². The fraction of sp³-hybridized carbons (Fsp3) is 0.538. The lowest BCUT2D eigenvalue weighted by atomic mass is 9.95. The van der Waals surface area contributed by atoms with Crippen LogP contribution in [-0.4, -0.2) is 5.11 Å². The minimum Gasteiger partial charge on any atom is -0.388 e. The second-order valence-corrected chi connectivity index (χ2v) is 4.69. The highest BCUT2D eigenvalue weighted by Crippen LogP contribution is 2.34. The van der Waals surface area contributed by atoms with Crippen molar-refractivity contribution in [3.8, 4) is 0 Å². The summed E-state index contributed by atoms with van der Waals surface area (Å²) in [4.78, 5) is 0. The van der Waals surface area contributed by atoms with Gasteiger partial charge in [-0.3, -0.25) is 0 Å². The van der Waals surface area contributed by atoms with E-state index in [1.54, 1.807) is 0 Å². The number of aliphatic hydroxyl groups is 1. The third-order valence-electron chi connectivity index (χ3n) is 3.43. The largest absolute Gasteiger partial charge is 0.388 e. The third-order valence-corrected chi connectivity index (χ3v) is 3.43. The first-order chi connectivity index (χ1) is 8.08. The second kappa shape index (κ2) is 5.08. The van der Waals surface area contributed by atoms with Crippen molar-refractivity contribution in [1.82, 2.24) is 0 Å². The fourth-order valence-electron chi connectivity index (χ4n) is 2.48. The van der Waals surface area contributed by atoms with Gasteiger partial charge in [-0.25, -0.2) is 13.2 Å². The molecule has 1 aromatic rings. The summed E-state index contributed by atoms with van der Waals surface area (Å²) in [6, 6.07) is 1.24. The van der Waals surface area contributed by atoms with E-state index in [1.165, 1.54) is 0 Å². The molecule has 1 unspecified atom stereocenters. The topological polar surface area (TPSA) is 20.2 Å². The highest BCUT2D eigenvalue weighted by molar-refractivity contribution is 5.22. The quantitative estimate of drug-likeness (QED) is 0.803. The normalized spacial score (nSPS) is 18.6. The van der Waals surface area contributed by atoms with Gasteiger partial charge in [0.2, 0.25) is 0 Å². The Bertz CT molecular complexity index is 400. The molecule has 1 atom stereocenters. The molecule has 1 N–H and O–H groups in total. The van der Waals surface area contributed by atoms with E-state index in [0.29, 0.717) is 18.4 Å². The Kier molecular flexibility index (Phi) is 3.72. The first-order valence-corrected chi connectivity index (χ1v) is 5.90. The van der Waals surface area contributed by atoms with E-state index in [4.69, 9.17) is 0 Å². The predicted molar refractivity (Wildman–Crippen MR) is 57.9 cm³/mol. The van der Waals surface area contributed by atoms with E-state index in [-0.39, 0.29) is 5.56 Å². The number of hydrogen-bond donors (Lipinski definition) is 1. The van der Waals surface area contributed by atoms with Crippen molar-refractivity contribution in [2.24, 2.45) is 5.92 Å². The van der Waals surface area contributed by atoms with E-state index in [1.807, 2.05) is 0 Å². The maximum absolute atomic E-state index is 13.4. The third kappa shape index (κ3) is 2.80. The first-order valence-electron chi connectivity index (χ1n) is 5.90. The highest BCUT2D eigenvalue weighted by Gasteiger charge is 2.22. The molecule has 0 radical (unpaired) electrons. The van der Waals surface area contributed by atoms with Gasteiger partial charge in [-0.15, -0.1) is 0 Å². The Labute approximate surface area is 98.3 Å². The highest BCUT2D eigenvalue weighted by atomic mass is 19.2. The van der Waals surface area contributed by atoms with Crippen LogP contribution in [0.1, 0.15) is 43.8 Å². The molecule has 17 heavy (non-hydrogen) atoms. The Morgan fingerprint density at radius 3 is 2.29 bits per heavy atom. The van der Waals surface area contributed by atoms with Crippen molar-refractivity contribution in [2.45, 2.75) is 38.2 Å². The van der Waals surface area contributed by atoms with Crippen molar-refractivity contribution in [2.75, 3.05) is 0 Å². The lowest BCUT2D eigenvalue weighted by Crippen LogP contribution is -2.07. The lowest BCUT2D eigenvalue weighted by Gasteiger charge is -2.16. The number of benzene rings is 1. The SMILES string of the molecule is OC(CC1CCCC1)c1cc(F)c(F)cc1F.